The van der Waals surface area contributed by atoms with Gasteiger partial charge >= 0.3 is 0 Å². The maximum absolute atomic E-state index is 11.1. The Morgan fingerprint density at radius 1 is 1.70 bits per heavy atom. The predicted molar refractivity (Wildman–Crippen MR) is 42.7 cm³/mol. The van der Waals surface area contributed by atoms with Crippen LogP contribution in [0, 0.1) is 5.92 Å². The summed E-state index contributed by atoms with van der Waals surface area (Å²) in [6.07, 6.45) is 2.53. The van der Waals surface area contributed by atoms with E-state index in [-0.39, 0.29) is 11.8 Å². The van der Waals surface area contributed by atoms with Gasteiger partial charge in [-0.25, -0.2) is 0 Å². The van der Waals surface area contributed by atoms with Gasteiger partial charge < -0.3 is 4.90 Å². The minimum Gasteiger partial charge on any atom is -0.349 e. The van der Waals surface area contributed by atoms with Crippen LogP contribution in [0.2, 0.25) is 0 Å². The van der Waals surface area contributed by atoms with Crippen molar-refractivity contribution in [1.82, 2.24) is 4.90 Å². The third-order valence-electron chi connectivity index (χ3n) is 1.38. The molecule has 0 aromatic carbocycles. The molecule has 10 heavy (non-hydrogen) atoms. The lowest BCUT2D eigenvalue weighted by Crippen LogP contribution is -2.27. The van der Waals surface area contributed by atoms with Crippen molar-refractivity contribution in [2.75, 3.05) is 14.1 Å². The molecule has 0 heterocycles. The molecule has 2 heteroatoms. The minimum absolute atomic E-state index is 0.0764. The van der Waals surface area contributed by atoms with Gasteiger partial charge in [-0.2, -0.15) is 0 Å². The van der Waals surface area contributed by atoms with Crippen LogP contribution < -0.4 is 0 Å². The molecule has 58 valence electrons. The second-order valence-corrected chi connectivity index (χ2v) is 2.66. The quantitative estimate of drug-likeness (QED) is 0.542. The van der Waals surface area contributed by atoms with Gasteiger partial charge in [-0.3, -0.25) is 4.79 Å². The van der Waals surface area contributed by atoms with Gasteiger partial charge in [-0.05, 0) is 6.42 Å². The minimum atomic E-state index is 0.0764. The molecule has 2 nitrogen and oxygen atoms in total. The second kappa shape index (κ2) is 4.09. The summed E-state index contributed by atoms with van der Waals surface area (Å²) in [7, 11) is 3.53. The molecule has 0 aliphatic rings. The molecule has 0 aliphatic heterocycles. The third-order valence-corrected chi connectivity index (χ3v) is 1.38. The number of carbonyl (C=O) groups is 1. The van der Waals surface area contributed by atoms with Crippen LogP contribution in [-0.4, -0.2) is 24.9 Å². The first-order chi connectivity index (χ1) is 4.59. The van der Waals surface area contributed by atoms with E-state index >= 15 is 0 Å². The van der Waals surface area contributed by atoms with E-state index in [1.54, 1.807) is 25.1 Å². The molecule has 0 N–H and O–H groups in total. The van der Waals surface area contributed by atoms with Gasteiger partial charge in [-0.15, -0.1) is 6.58 Å². The highest BCUT2D eigenvalue weighted by atomic mass is 16.2. The van der Waals surface area contributed by atoms with E-state index in [1.807, 2.05) is 6.92 Å². The number of hydrogen-bond donors (Lipinski definition) is 0. The molecule has 0 aromatic rings. The molecule has 0 aliphatic carbocycles. The molecule has 0 rings (SSSR count). The number of carbonyl (C=O) groups excluding carboxylic acids is 1. The summed E-state index contributed by atoms with van der Waals surface area (Å²) in [6.45, 7) is 5.48. The lowest BCUT2D eigenvalue weighted by atomic mass is 10.1. The monoisotopic (exact) mass is 141 g/mol. The van der Waals surface area contributed by atoms with E-state index < -0.39 is 0 Å². The Balaban J connectivity index is 3.81. The number of hydrogen-bond acceptors (Lipinski definition) is 1. The molecular weight excluding hydrogens is 126 g/mol. The van der Waals surface area contributed by atoms with Gasteiger partial charge in [0.05, 0.1) is 0 Å². The van der Waals surface area contributed by atoms with E-state index in [1.165, 1.54) is 0 Å². The molecule has 0 saturated heterocycles. The van der Waals surface area contributed by atoms with E-state index in [4.69, 9.17) is 0 Å². The van der Waals surface area contributed by atoms with E-state index in [0.717, 1.165) is 6.42 Å². The smallest absolute Gasteiger partial charge is 0.225 e. The van der Waals surface area contributed by atoms with Crippen LogP contribution in [0.25, 0.3) is 0 Å². The maximum Gasteiger partial charge on any atom is 0.225 e. The van der Waals surface area contributed by atoms with Crippen molar-refractivity contribution in [3.8, 4) is 0 Å². The average Bonchev–Trinajstić information content (AvgIpc) is 1.87. The lowest BCUT2D eigenvalue weighted by molar-refractivity contribution is -0.132. The van der Waals surface area contributed by atoms with E-state index in [2.05, 4.69) is 6.58 Å². The molecule has 0 saturated carbocycles. The van der Waals surface area contributed by atoms with Crippen LogP contribution in [0.5, 0.6) is 0 Å². The van der Waals surface area contributed by atoms with Crippen LogP contribution in [0.3, 0.4) is 0 Å². The first kappa shape index (κ1) is 9.21. The molecule has 0 radical (unpaired) electrons. The number of nitrogens with zero attached hydrogens (tertiary/aromatic N) is 1. The Labute approximate surface area is 62.5 Å². The van der Waals surface area contributed by atoms with Crippen molar-refractivity contribution < 1.29 is 4.79 Å². The average molecular weight is 141 g/mol. The Hall–Kier alpha value is -0.790. The normalized spacial score (nSPS) is 12.3. The SMILES string of the molecule is C=CCC(C)C(=O)N(C)C. The zero-order valence-corrected chi connectivity index (χ0v) is 6.92. The fourth-order valence-corrected chi connectivity index (χ4v) is 0.792. The van der Waals surface area contributed by atoms with Crippen molar-refractivity contribution in [2.24, 2.45) is 5.92 Å². The van der Waals surface area contributed by atoms with Crippen LogP contribution >= 0.6 is 0 Å². The Kier molecular flexibility index (Phi) is 3.77. The van der Waals surface area contributed by atoms with Gasteiger partial charge in [0.25, 0.3) is 0 Å². The Bertz CT molecular complexity index is 129. The van der Waals surface area contributed by atoms with Gasteiger partial charge in [0.1, 0.15) is 0 Å². The highest BCUT2D eigenvalue weighted by Crippen LogP contribution is 2.04. The fourth-order valence-electron chi connectivity index (χ4n) is 0.792. The first-order valence-electron chi connectivity index (χ1n) is 3.41. The van der Waals surface area contributed by atoms with Crippen LogP contribution in [-0.2, 0) is 4.79 Å². The van der Waals surface area contributed by atoms with Crippen molar-refractivity contribution in [3.05, 3.63) is 12.7 Å². The summed E-state index contributed by atoms with van der Waals surface area (Å²) >= 11 is 0. The van der Waals surface area contributed by atoms with Crippen molar-refractivity contribution in [1.29, 1.82) is 0 Å². The molecular formula is C8H15NO. The highest BCUT2D eigenvalue weighted by molar-refractivity contribution is 5.77. The zero-order valence-electron chi connectivity index (χ0n) is 6.92. The third kappa shape index (κ3) is 2.67. The van der Waals surface area contributed by atoms with Crippen LogP contribution in [0.4, 0.5) is 0 Å². The van der Waals surface area contributed by atoms with Crippen molar-refractivity contribution in [3.63, 3.8) is 0 Å². The molecule has 0 fully saturated rings. The van der Waals surface area contributed by atoms with Crippen molar-refractivity contribution >= 4 is 5.91 Å². The summed E-state index contributed by atoms with van der Waals surface area (Å²) in [5.74, 6) is 0.243. The van der Waals surface area contributed by atoms with Gasteiger partial charge in [0, 0.05) is 20.0 Å². The number of rotatable bonds is 3. The van der Waals surface area contributed by atoms with Crippen LogP contribution in [0.1, 0.15) is 13.3 Å². The molecule has 0 spiro atoms. The van der Waals surface area contributed by atoms with Gasteiger partial charge in [0.2, 0.25) is 5.91 Å². The molecule has 1 amide bonds. The molecule has 0 bridgehead atoms. The molecule has 0 aromatic heterocycles. The summed E-state index contributed by atoms with van der Waals surface area (Å²) in [5, 5.41) is 0. The van der Waals surface area contributed by atoms with Crippen molar-refractivity contribution in [2.45, 2.75) is 13.3 Å². The summed E-state index contributed by atoms with van der Waals surface area (Å²) < 4.78 is 0. The Morgan fingerprint density at radius 2 is 2.20 bits per heavy atom. The summed E-state index contributed by atoms with van der Waals surface area (Å²) in [4.78, 5) is 12.7. The van der Waals surface area contributed by atoms with Gasteiger partial charge in [-0.1, -0.05) is 13.0 Å². The highest BCUT2D eigenvalue weighted by Gasteiger charge is 2.11. The van der Waals surface area contributed by atoms with Gasteiger partial charge in [0.15, 0.2) is 0 Å². The molecule has 1 atom stereocenters. The standard InChI is InChI=1S/C8H15NO/c1-5-6-7(2)8(10)9(3)4/h5,7H,1,6H2,2-4H3. The topological polar surface area (TPSA) is 20.3 Å². The Morgan fingerprint density at radius 3 is 2.50 bits per heavy atom. The number of amides is 1. The fraction of sp³-hybridized carbons (Fsp3) is 0.625. The lowest BCUT2D eigenvalue weighted by Gasteiger charge is -2.14. The second-order valence-electron chi connectivity index (χ2n) is 2.66. The van der Waals surface area contributed by atoms with E-state index in [0.29, 0.717) is 0 Å². The molecule has 1 unspecified atom stereocenters. The number of allylic oxidation sites excluding steroid dienone is 1. The first-order valence-corrected chi connectivity index (χ1v) is 3.41. The maximum atomic E-state index is 11.1. The van der Waals surface area contributed by atoms with E-state index in [9.17, 15) is 4.79 Å². The largest absolute Gasteiger partial charge is 0.349 e. The predicted octanol–water partition coefficient (Wildman–Crippen LogP) is 1.29. The summed E-state index contributed by atoms with van der Waals surface area (Å²) in [5.41, 5.74) is 0. The summed E-state index contributed by atoms with van der Waals surface area (Å²) in [6, 6.07) is 0. The van der Waals surface area contributed by atoms with Crippen LogP contribution in [0.15, 0.2) is 12.7 Å². The zero-order chi connectivity index (χ0) is 8.15.